The van der Waals surface area contributed by atoms with Crippen molar-refractivity contribution in [2.45, 2.75) is 117 Å². The van der Waals surface area contributed by atoms with Gasteiger partial charge in [-0.2, -0.15) is 0 Å². The van der Waals surface area contributed by atoms with Crippen LogP contribution in [0.25, 0.3) is 0 Å². The fourth-order valence-corrected chi connectivity index (χ4v) is 6.47. The summed E-state index contributed by atoms with van der Waals surface area (Å²) in [4.78, 5) is 0. The Hall–Kier alpha value is -0.423. The van der Waals surface area contributed by atoms with Crippen molar-refractivity contribution in [1.82, 2.24) is 0 Å². The third-order valence-electron chi connectivity index (χ3n) is 5.51. The minimum atomic E-state index is -2.80. The Bertz CT molecular complexity index is 398. The zero-order chi connectivity index (χ0) is 21.0. The third-order valence-corrected chi connectivity index (χ3v) is 8.47. The molecule has 0 fully saturated rings. The molecule has 0 aliphatic heterocycles. The van der Waals surface area contributed by atoms with E-state index >= 15 is 0 Å². The van der Waals surface area contributed by atoms with Crippen LogP contribution in [0, 0.1) is 0 Å². The first-order valence-electron chi connectivity index (χ1n) is 12.6. The van der Waals surface area contributed by atoms with E-state index in [-0.39, 0.29) is 0 Å². The second kappa shape index (κ2) is 18.4. The predicted octanol–water partition coefficient (Wildman–Crippen LogP) is 7.92. The van der Waals surface area contributed by atoms with Gasteiger partial charge in [-0.25, -0.2) is 0 Å². The zero-order valence-electron chi connectivity index (χ0n) is 19.7. The van der Waals surface area contributed by atoms with Gasteiger partial charge in [-0.1, -0.05) is 96.8 Å². The Kier molecular flexibility index (Phi) is 16.8. The molecule has 0 aromatic heterocycles. The summed E-state index contributed by atoms with van der Waals surface area (Å²) in [5.41, 5.74) is 0. The van der Waals surface area contributed by atoms with Crippen molar-refractivity contribution in [2.75, 3.05) is 19.8 Å². The van der Waals surface area contributed by atoms with Crippen LogP contribution >= 0.6 is 0 Å². The average molecular weight is 425 g/mol. The molecule has 0 radical (unpaired) electrons. The highest BCUT2D eigenvalue weighted by molar-refractivity contribution is 6.68. The van der Waals surface area contributed by atoms with E-state index in [2.05, 4.69) is 39.0 Å². The minimum absolute atomic E-state index is 0.761. The molecule has 0 aromatic carbocycles. The summed E-state index contributed by atoms with van der Waals surface area (Å²) in [6.45, 7) is 9.04. The Balaban J connectivity index is 2.79. The smallest absolute Gasteiger partial charge is 0.370 e. The summed E-state index contributed by atoms with van der Waals surface area (Å²) in [6.07, 6.45) is 24.6. The molecule has 1 aliphatic carbocycles. The van der Waals surface area contributed by atoms with E-state index < -0.39 is 8.80 Å². The maximum atomic E-state index is 6.58. The lowest BCUT2D eigenvalue weighted by Gasteiger charge is -2.32. The van der Waals surface area contributed by atoms with Crippen molar-refractivity contribution >= 4 is 8.80 Å². The molecule has 3 nitrogen and oxygen atoms in total. The third kappa shape index (κ3) is 12.1. The molecule has 0 saturated heterocycles. The highest BCUT2D eigenvalue weighted by atomic mass is 28.4. The summed E-state index contributed by atoms with van der Waals surface area (Å²) in [5.74, 6) is 0. The van der Waals surface area contributed by atoms with Crippen LogP contribution in [-0.2, 0) is 13.3 Å². The van der Waals surface area contributed by atoms with Gasteiger partial charge < -0.3 is 13.3 Å². The highest BCUT2D eigenvalue weighted by Gasteiger charge is 2.45. The maximum Gasteiger partial charge on any atom is 0.532 e. The quantitative estimate of drug-likeness (QED) is 0.156. The molecule has 1 rings (SSSR count). The average Bonchev–Trinajstić information content (AvgIpc) is 3.03. The molecule has 0 spiro atoms. The first-order valence-corrected chi connectivity index (χ1v) is 14.3. The van der Waals surface area contributed by atoms with Gasteiger partial charge in [0.25, 0.3) is 0 Å². The Morgan fingerprint density at radius 3 is 1.62 bits per heavy atom. The van der Waals surface area contributed by atoms with Gasteiger partial charge in [0.1, 0.15) is 0 Å². The highest BCUT2D eigenvalue weighted by Crippen LogP contribution is 2.28. The van der Waals surface area contributed by atoms with Crippen LogP contribution in [0.5, 0.6) is 0 Å². The standard InChI is InChI=1S/C25H48O3Si/c1-4-7-10-17-22-26-29(27-23-18-11-8-5-2,28-24-19-12-9-6-3)25-20-15-13-14-16-21-25/h13,15,20H,4-12,14,16-19,21-24H2,1-3H3. The Morgan fingerprint density at radius 2 is 1.17 bits per heavy atom. The Morgan fingerprint density at radius 1 is 0.690 bits per heavy atom. The molecule has 0 bridgehead atoms. The van der Waals surface area contributed by atoms with Crippen molar-refractivity contribution < 1.29 is 13.3 Å². The van der Waals surface area contributed by atoms with Crippen LogP contribution in [0.2, 0.25) is 0 Å². The van der Waals surface area contributed by atoms with Crippen molar-refractivity contribution in [3.8, 4) is 0 Å². The summed E-state index contributed by atoms with van der Waals surface area (Å²) in [7, 11) is -2.80. The van der Waals surface area contributed by atoms with Crippen molar-refractivity contribution in [1.29, 1.82) is 0 Å². The van der Waals surface area contributed by atoms with Crippen LogP contribution in [0.1, 0.15) is 117 Å². The van der Waals surface area contributed by atoms with Crippen molar-refractivity contribution in [2.24, 2.45) is 0 Å². The van der Waals surface area contributed by atoms with Gasteiger partial charge in [-0.15, -0.1) is 0 Å². The summed E-state index contributed by atoms with van der Waals surface area (Å²) >= 11 is 0. The van der Waals surface area contributed by atoms with Crippen molar-refractivity contribution in [3.63, 3.8) is 0 Å². The number of allylic oxidation sites excluding steroid dienone is 4. The van der Waals surface area contributed by atoms with E-state index in [1.807, 2.05) is 0 Å². The monoisotopic (exact) mass is 424 g/mol. The Labute approximate surface area is 182 Å². The van der Waals surface area contributed by atoms with Gasteiger partial charge in [-0.3, -0.25) is 0 Å². The van der Waals surface area contributed by atoms with Crippen LogP contribution in [0.4, 0.5) is 0 Å². The predicted molar refractivity (Wildman–Crippen MR) is 127 cm³/mol. The first kappa shape index (κ1) is 26.6. The molecular weight excluding hydrogens is 376 g/mol. The van der Waals surface area contributed by atoms with Gasteiger partial charge in [-0.05, 0) is 38.5 Å². The largest absolute Gasteiger partial charge is 0.532 e. The zero-order valence-corrected chi connectivity index (χ0v) is 20.7. The van der Waals surface area contributed by atoms with E-state index in [4.69, 9.17) is 13.3 Å². The van der Waals surface area contributed by atoms with Gasteiger partial charge in [0, 0.05) is 25.0 Å². The van der Waals surface area contributed by atoms with E-state index in [0.29, 0.717) is 0 Å². The van der Waals surface area contributed by atoms with Crippen LogP contribution < -0.4 is 0 Å². The van der Waals surface area contributed by atoms with Crippen LogP contribution in [0.3, 0.4) is 0 Å². The lowest BCUT2D eigenvalue weighted by atomic mass is 10.2. The topological polar surface area (TPSA) is 27.7 Å². The van der Waals surface area contributed by atoms with E-state index in [0.717, 1.165) is 58.3 Å². The fraction of sp³-hybridized carbons (Fsp3) is 0.840. The first-order chi connectivity index (χ1) is 14.3. The molecule has 170 valence electrons. The van der Waals surface area contributed by atoms with Gasteiger partial charge in [0.2, 0.25) is 0 Å². The minimum Gasteiger partial charge on any atom is -0.370 e. The van der Waals surface area contributed by atoms with Gasteiger partial charge in [0.05, 0.1) is 0 Å². The molecular formula is C25H48O3Si. The van der Waals surface area contributed by atoms with E-state index in [1.165, 1.54) is 63.0 Å². The summed E-state index contributed by atoms with van der Waals surface area (Å²) in [6, 6.07) is 0. The number of rotatable bonds is 19. The molecule has 0 saturated carbocycles. The van der Waals surface area contributed by atoms with Crippen LogP contribution in [0.15, 0.2) is 23.4 Å². The lowest BCUT2D eigenvalue weighted by Crippen LogP contribution is -2.49. The molecule has 0 N–H and O–H groups in total. The number of hydrogen-bond acceptors (Lipinski definition) is 3. The van der Waals surface area contributed by atoms with Gasteiger partial charge in [0.15, 0.2) is 0 Å². The van der Waals surface area contributed by atoms with E-state index in [1.54, 1.807) is 0 Å². The number of hydrogen-bond donors (Lipinski definition) is 0. The lowest BCUT2D eigenvalue weighted by molar-refractivity contribution is 0.0631. The summed E-state index contributed by atoms with van der Waals surface area (Å²) < 4.78 is 19.7. The second-order valence-electron chi connectivity index (χ2n) is 8.30. The molecule has 0 aromatic rings. The second-order valence-corrected chi connectivity index (χ2v) is 10.9. The molecule has 29 heavy (non-hydrogen) atoms. The maximum absolute atomic E-state index is 6.58. The molecule has 0 heterocycles. The SMILES string of the molecule is CCCCCCO[Si](OCCCCCC)(OCCCCCC)C1=CC=CCCC1. The molecule has 1 aliphatic rings. The number of unbranched alkanes of at least 4 members (excludes halogenated alkanes) is 9. The molecule has 0 atom stereocenters. The fourth-order valence-electron chi connectivity index (χ4n) is 3.64. The normalized spacial score (nSPS) is 14.8. The summed E-state index contributed by atoms with van der Waals surface area (Å²) in [5, 5.41) is 1.30. The molecule has 0 amide bonds. The molecule has 4 heteroatoms. The van der Waals surface area contributed by atoms with Crippen molar-refractivity contribution in [3.05, 3.63) is 23.4 Å². The molecule has 0 unspecified atom stereocenters. The van der Waals surface area contributed by atoms with E-state index in [9.17, 15) is 0 Å². The van der Waals surface area contributed by atoms with Crippen LogP contribution in [-0.4, -0.2) is 28.6 Å². The van der Waals surface area contributed by atoms with Gasteiger partial charge >= 0.3 is 8.80 Å².